The van der Waals surface area contributed by atoms with Crippen LogP contribution in [-0.2, 0) is 0 Å². The molecule has 0 radical (unpaired) electrons. The molecule has 2 aromatic rings. The molecule has 0 atom stereocenters. The standard InChI is InChI=1S/C16H20N4O/c1-10-4-6-12(9-15(10)20(2)3)19-14-8-11(16(18)21)5-7-13(14)17/h4-9,19H,17H2,1-3H3,(H2,18,21). The van der Waals surface area contributed by atoms with E-state index in [9.17, 15) is 4.79 Å². The van der Waals surface area contributed by atoms with Gasteiger partial charge in [-0.2, -0.15) is 0 Å². The fourth-order valence-electron chi connectivity index (χ4n) is 2.14. The fourth-order valence-corrected chi connectivity index (χ4v) is 2.14. The lowest BCUT2D eigenvalue weighted by molar-refractivity contribution is 0.100. The third-order valence-corrected chi connectivity index (χ3v) is 3.31. The highest BCUT2D eigenvalue weighted by atomic mass is 16.1. The predicted molar refractivity (Wildman–Crippen MR) is 88.2 cm³/mol. The molecule has 0 bridgehead atoms. The van der Waals surface area contributed by atoms with Crippen LogP contribution in [0.5, 0.6) is 0 Å². The lowest BCUT2D eigenvalue weighted by atomic mass is 10.1. The molecule has 21 heavy (non-hydrogen) atoms. The number of nitrogens with one attached hydrogen (secondary N) is 1. The van der Waals surface area contributed by atoms with E-state index < -0.39 is 5.91 Å². The maximum absolute atomic E-state index is 11.3. The average molecular weight is 284 g/mol. The molecule has 0 saturated carbocycles. The smallest absolute Gasteiger partial charge is 0.248 e. The zero-order chi connectivity index (χ0) is 15.6. The van der Waals surface area contributed by atoms with Crippen molar-refractivity contribution in [2.45, 2.75) is 6.92 Å². The van der Waals surface area contributed by atoms with Gasteiger partial charge in [-0.1, -0.05) is 6.07 Å². The van der Waals surface area contributed by atoms with Crippen LogP contribution in [0.25, 0.3) is 0 Å². The molecule has 2 rings (SSSR count). The van der Waals surface area contributed by atoms with Crippen LogP contribution in [0.1, 0.15) is 15.9 Å². The van der Waals surface area contributed by atoms with Crippen molar-refractivity contribution in [1.82, 2.24) is 0 Å². The largest absolute Gasteiger partial charge is 0.397 e. The molecule has 0 saturated heterocycles. The van der Waals surface area contributed by atoms with E-state index in [1.165, 1.54) is 5.56 Å². The third kappa shape index (κ3) is 3.25. The summed E-state index contributed by atoms with van der Waals surface area (Å²) in [7, 11) is 3.99. The minimum Gasteiger partial charge on any atom is -0.397 e. The molecular formula is C16H20N4O. The highest BCUT2D eigenvalue weighted by Crippen LogP contribution is 2.28. The number of rotatable bonds is 4. The van der Waals surface area contributed by atoms with E-state index in [0.717, 1.165) is 11.4 Å². The molecule has 0 fully saturated rings. The molecule has 0 unspecified atom stereocenters. The topological polar surface area (TPSA) is 84.4 Å². The number of benzene rings is 2. The molecule has 5 heteroatoms. The number of amides is 1. The van der Waals surface area contributed by atoms with Gasteiger partial charge in [0.25, 0.3) is 0 Å². The Kier molecular flexibility index (Phi) is 4.03. The zero-order valence-corrected chi connectivity index (χ0v) is 12.5. The van der Waals surface area contributed by atoms with E-state index in [1.54, 1.807) is 18.2 Å². The monoisotopic (exact) mass is 284 g/mol. The number of hydrogen-bond acceptors (Lipinski definition) is 4. The van der Waals surface area contributed by atoms with Gasteiger partial charge >= 0.3 is 0 Å². The number of aryl methyl sites for hydroxylation is 1. The molecule has 110 valence electrons. The van der Waals surface area contributed by atoms with Gasteiger partial charge in [0.1, 0.15) is 0 Å². The van der Waals surface area contributed by atoms with E-state index >= 15 is 0 Å². The Bertz CT molecular complexity index is 680. The number of primary amides is 1. The number of nitrogens with zero attached hydrogens (tertiary/aromatic N) is 1. The molecule has 1 amide bonds. The Morgan fingerprint density at radius 3 is 2.48 bits per heavy atom. The van der Waals surface area contributed by atoms with E-state index in [-0.39, 0.29) is 0 Å². The van der Waals surface area contributed by atoms with Crippen LogP contribution < -0.4 is 21.7 Å². The van der Waals surface area contributed by atoms with E-state index in [4.69, 9.17) is 11.5 Å². The molecule has 2 aromatic carbocycles. The molecule has 5 N–H and O–H groups in total. The Hall–Kier alpha value is -2.69. The van der Waals surface area contributed by atoms with Crippen molar-refractivity contribution in [2.24, 2.45) is 5.73 Å². The molecular weight excluding hydrogens is 264 g/mol. The first-order valence-corrected chi connectivity index (χ1v) is 6.63. The summed E-state index contributed by atoms with van der Waals surface area (Å²) >= 11 is 0. The summed E-state index contributed by atoms with van der Waals surface area (Å²) in [5.74, 6) is -0.476. The first-order chi connectivity index (χ1) is 9.88. The maximum Gasteiger partial charge on any atom is 0.248 e. The SMILES string of the molecule is Cc1ccc(Nc2cc(C(N)=O)ccc2N)cc1N(C)C. The summed E-state index contributed by atoms with van der Waals surface area (Å²) in [5, 5.41) is 3.23. The van der Waals surface area contributed by atoms with Gasteiger partial charge in [-0.05, 0) is 42.8 Å². The third-order valence-electron chi connectivity index (χ3n) is 3.31. The van der Waals surface area contributed by atoms with Crippen molar-refractivity contribution in [3.8, 4) is 0 Å². The lowest BCUT2D eigenvalue weighted by Crippen LogP contribution is -2.12. The summed E-state index contributed by atoms with van der Waals surface area (Å²) in [6.45, 7) is 2.06. The fraction of sp³-hybridized carbons (Fsp3) is 0.188. The Morgan fingerprint density at radius 2 is 1.86 bits per heavy atom. The van der Waals surface area contributed by atoms with Crippen LogP contribution in [0.2, 0.25) is 0 Å². The second-order valence-electron chi connectivity index (χ2n) is 5.19. The summed E-state index contributed by atoms with van der Waals surface area (Å²) in [6.07, 6.45) is 0. The highest BCUT2D eigenvalue weighted by Gasteiger charge is 2.07. The van der Waals surface area contributed by atoms with Crippen LogP contribution >= 0.6 is 0 Å². The van der Waals surface area contributed by atoms with Crippen molar-refractivity contribution in [2.75, 3.05) is 30.0 Å². The van der Waals surface area contributed by atoms with Crippen molar-refractivity contribution >= 4 is 28.7 Å². The molecule has 5 nitrogen and oxygen atoms in total. The number of nitrogen functional groups attached to an aromatic ring is 1. The van der Waals surface area contributed by atoms with E-state index in [2.05, 4.69) is 12.2 Å². The quantitative estimate of drug-likeness (QED) is 0.753. The van der Waals surface area contributed by atoms with Crippen molar-refractivity contribution in [3.63, 3.8) is 0 Å². The van der Waals surface area contributed by atoms with Crippen LogP contribution in [0.15, 0.2) is 36.4 Å². The van der Waals surface area contributed by atoms with E-state index in [1.807, 2.05) is 37.2 Å². The minimum atomic E-state index is -0.476. The van der Waals surface area contributed by atoms with Crippen molar-refractivity contribution in [1.29, 1.82) is 0 Å². The summed E-state index contributed by atoms with van der Waals surface area (Å²) in [4.78, 5) is 13.3. The average Bonchev–Trinajstić information content (AvgIpc) is 2.42. The first-order valence-electron chi connectivity index (χ1n) is 6.63. The predicted octanol–water partition coefficient (Wildman–Crippen LogP) is 2.49. The first kappa shape index (κ1) is 14.7. The molecule has 0 aromatic heterocycles. The Morgan fingerprint density at radius 1 is 1.14 bits per heavy atom. The summed E-state index contributed by atoms with van der Waals surface area (Å²) in [5.41, 5.74) is 16.1. The number of hydrogen-bond donors (Lipinski definition) is 3. The highest BCUT2D eigenvalue weighted by molar-refractivity contribution is 5.95. The number of nitrogens with two attached hydrogens (primary N) is 2. The Labute approximate surface area is 124 Å². The molecule has 0 aliphatic carbocycles. The Balaban J connectivity index is 2.36. The number of carbonyl (C=O) groups is 1. The van der Waals surface area contributed by atoms with Crippen molar-refractivity contribution in [3.05, 3.63) is 47.5 Å². The van der Waals surface area contributed by atoms with Gasteiger partial charge < -0.3 is 21.7 Å². The molecule has 0 aliphatic rings. The minimum absolute atomic E-state index is 0.423. The number of anilines is 4. The summed E-state index contributed by atoms with van der Waals surface area (Å²) < 4.78 is 0. The summed E-state index contributed by atoms with van der Waals surface area (Å²) in [6, 6.07) is 11.0. The second-order valence-corrected chi connectivity index (χ2v) is 5.19. The van der Waals surface area contributed by atoms with Gasteiger partial charge in [0.05, 0.1) is 11.4 Å². The van der Waals surface area contributed by atoms with Gasteiger partial charge in [0.15, 0.2) is 0 Å². The van der Waals surface area contributed by atoms with Crippen LogP contribution in [0.3, 0.4) is 0 Å². The maximum atomic E-state index is 11.3. The van der Waals surface area contributed by atoms with Gasteiger partial charge in [-0.15, -0.1) is 0 Å². The molecule has 0 spiro atoms. The van der Waals surface area contributed by atoms with Gasteiger partial charge in [0, 0.05) is 31.0 Å². The zero-order valence-electron chi connectivity index (χ0n) is 12.5. The van der Waals surface area contributed by atoms with Gasteiger partial charge in [0.2, 0.25) is 5.91 Å². The number of carbonyl (C=O) groups excluding carboxylic acids is 1. The van der Waals surface area contributed by atoms with Crippen LogP contribution in [-0.4, -0.2) is 20.0 Å². The van der Waals surface area contributed by atoms with E-state index in [0.29, 0.717) is 16.9 Å². The molecule has 0 heterocycles. The van der Waals surface area contributed by atoms with Crippen molar-refractivity contribution < 1.29 is 4.79 Å². The lowest BCUT2D eigenvalue weighted by Gasteiger charge is -2.18. The van der Waals surface area contributed by atoms with Crippen LogP contribution in [0.4, 0.5) is 22.7 Å². The van der Waals surface area contributed by atoms with Gasteiger partial charge in [-0.25, -0.2) is 0 Å². The normalized spacial score (nSPS) is 10.2. The van der Waals surface area contributed by atoms with Crippen LogP contribution in [0, 0.1) is 6.92 Å². The molecule has 0 aliphatic heterocycles. The second kappa shape index (κ2) is 5.75. The van der Waals surface area contributed by atoms with Gasteiger partial charge in [-0.3, -0.25) is 4.79 Å².